The lowest BCUT2D eigenvalue weighted by atomic mass is 9.84. The van der Waals surface area contributed by atoms with E-state index in [-0.39, 0.29) is 10.8 Å². The van der Waals surface area contributed by atoms with E-state index < -0.39 is 21.4 Å². The Balaban J connectivity index is 2.25. The van der Waals surface area contributed by atoms with Crippen LogP contribution >= 0.6 is 11.6 Å². The van der Waals surface area contributed by atoms with Crippen LogP contribution in [0.3, 0.4) is 0 Å². The molecule has 0 aliphatic heterocycles. The molecule has 2 rings (SSSR count). The van der Waals surface area contributed by atoms with Gasteiger partial charge in [-0.3, -0.25) is 0 Å². The molecule has 1 aliphatic carbocycles. The summed E-state index contributed by atoms with van der Waals surface area (Å²) in [6, 6.07) is 5.01. The Bertz CT molecular complexity index is 541. The fraction of sp³-hybridized carbons (Fsp3) is 0.538. The Hall–Kier alpha value is -0.650. The molecular formula is C13H17ClFNO2S. The first-order valence-corrected chi connectivity index (χ1v) is 8.35. The van der Waals surface area contributed by atoms with E-state index in [0.717, 1.165) is 38.2 Å². The van der Waals surface area contributed by atoms with Crippen LogP contribution in [0.1, 0.15) is 32.1 Å². The second-order valence-corrected chi connectivity index (χ2v) is 6.99. The van der Waals surface area contributed by atoms with Crippen LogP contribution in [-0.2, 0) is 10.0 Å². The maximum absolute atomic E-state index is 13.1. The lowest BCUT2D eigenvalue weighted by molar-refractivity contribution is 0.298. The molecule has 0 bridgehead atoms. The maximum Gasteiger partial charge on any atom is 0.241 e. The lowest BCUT2D eigenvalue weighted by Crippen LogP contribution is -2.51. The van der Waals surface area contributed by atoms with Gasteiger partial charge in [0.1, 0.15) is 5.82 Å². The van der Waals surface area contributed by atoms with E-state index >= 15 is 0 Å². The van der Waals surface area contributed by atoms with E-state index in [1.807, 2.05) is 0 Å². The lowest BCUT2D eigenvalue weighted by Gasteiger charge is -2.36. The number of hydrogen-bond acceptors (Lipinski definition) is 2. The molecule has 0 unspecified atom stereocenters. The zero-order valence-electron chi connectivity index (χ0n) is 10.5. The van der Waals surface area contributed by atoms with E-state index in [1.54, 1.807) is 0 Å². The molecule has 1 saturated carbocycles. The van der Waals surface area contributed by atoms with Crippen LogP contribution in [0, 0.1) is 5.82 Å². The van der Waals surface area contributed by atoms with Crippen molar-refractivity contribution >= 4 is 21.6 Å². The summed E-state index contributed by atoms with van der Waals surface area (Å²) < 4.78 is 40.4. The van der Waals surface area contributed by atoms with Crippen LogP contribution in [0.5, 0.6) is 0 Å². The summed E-state index contributed by atoms with van der Waals surface area (Å²) in [6.45, 7) is 0. The molecule has 0 amide bonds. The first-order chi connectivity index (χ1) is 8.97. The number of hydrogen-bond donors (Lipinski definition) is 1. The Morgan fingerprint density at radius 1 is 1.26 bits per heavy atom. The molecule has 1 aromatic rings. The van der Waals surface area contributed by atoms with Gasteiger partial charge in [-0.15, -0.1) is 11.6 Å². The monoisotopic (exact) mass is 305 g/mol. The second kappa shape index (κ2) is 5.77. The molecule has 6 heteroatoms. The zero-order valence-corrected chi connectivity index (χ0v) is 12.1. The molecule has 0 heterocycles. The van der Waals surface area contributed by atoms with Crippen molar-refractivity contribution in [1.29, 1.82) is 0 Å². The highest BCUT2D eigenvalue weighted by Gasteiger charge is 2.35. The summed E-state index contributed by atoms with van der Waals surface area (Å²) >= 11 is 5.96. The summed E-state index contributed by atoms with van der Waals surface area (Å²) in [7, 11) is -3.73. The molecule has 1 N–H and O–H groups in total. The van der Waals surface area contributed by atoms with Crippen LogP contribution in [-0.4, -0.2) is 19.8 Å². The summed E-state index contributed by atoms with van der Waals surface area (Å²) in [4.78, 5) is -0.0532. The number of sulfonamides is 1. The molecule has 1 aliphatic rings. The third-order valence-electron chi connectivity index (χ3n) is 3.52. The van der Waals surface area contributed by atoms with Crippen molar-refractivity contribution in [2.45, 2.75) is 42.5 Å². The van der Waals surface area contributed by atoms with Crippen LogP contribution in [0.4, 0.5) is 4.39 Å². The van der Waals surface area contributed by atoms with E-state index in [0.29, 0.717) is 0 Å². The average Bonchev–Trinajstić information content (AvgIpc) is 2.39. The fourth-order valence-corrected chi connectivity index (χ4v) is 4.37. The van der Waals surface area contributed by atoms with E-state index in [4.69, 9.17) is 11.6 Å². The predicted octanol–water partition coefficient (Wildman–Crippen LogP) is 3.05. The van der Waals surface area contributed by atoms with Gasteiger partial charge in [0, 0.05) is 11.4 Å². The molecule has 0 atom stereocenters. The van der Waals surface area contributed by atoms with Crippen molar-refractivity contribution in [2.75, 3.05) is 5.88 Å². The van der Waals surface area contributed by atoms with E-state index in [2.05, 4.69) is 4.72 Å². The minimum atomic E-state index is -3.73. The van der Waals surface area contributed by atoms with E-state index in [1.165, 1.54) is 18.2 Å². The Kier molecular flexibility index (Phi) is 4.48. The Morgan fingerprint density at radius 3 is 2.53 bits per heavy atom. The van der Waals surface area contributed by atoms with Gasteiger partial charge in [0.15, 0.2) is 0 Å². The maximum atomic E-state index is 13.1. The minimum Gasteiger partial charge on any atom is -0.207 e. The summed E-state index contributed by atoms with van der Waals surface area (Å²) in [5.74, 6) is -0.326. The van der Waals surface area contributed by atoms with Crippen molar-refractivity contribution in [3.05, 3.63) is 30.1 Å². The second-order valence-electron chi connectivity index (χ2n) is 5.04. The predicted molar refractivity (Wildman–Crippen MR) is 73.3 cm³/mol. The summed E-state index contributed by atoms with van der Waals surface area (Å²) in [6.07, 6.45) is 4.47. The molecule has 19 heavy (non-hydrogen) atoms. The number of nitrogens with one attached hydrogen (secondary N) is 1. The molecular weight excluding hydrogens is 289 g/mol. The largest absolute Gasteiger partial charge is 0.241 e. The normalized spacial score (nSPS) is 19.3. The molecule has 3 nitrogen and oxygen atoms in total. The third-order valence-corrected chi connectivity index (χ3v) is 5.61. The van der Waals surface area contributed by atoms with Crippen LogP contribution < -0.4 is 4.72 Å². The number of halogens is 2. The van der Waals surface area contributed by atoms with Gasteiger partial charge < -0.3 is 0 Å². The highest BCUT2D eigenvalue weighted by Crippen LogP contribution is 2.31. The van der Waals surface area contributed by atoms with Gasteiger partial charge in [0.25, 0.3) is 0 Å². The SMILES string of the molecule is O=S(=O)(NC1(CCl)CCCCC1)c1cccc(F)c1. The number of rotatable bonds is 4. The van der Waals surface area contributed by atoms with Gasteiger partial charge in [-0.05, 0) is 31.0 Å². The van der Waals surface area contributed by atoms with Gasteiger partial charge in [-0.25, -0.2) is 17.5 Å². The molecule has 1 fully saturated rings. The zero-order chi connectivity index (χ0) is 13.9. The van der Waals surface area contributed by atoms with Gasteiger partial charge in [0.05, 0.1) is 4.90 Å². The summed E-state index contributed by atoms with van der Waals surface area (Å²) in [5, 5.41) is 0. The first kappa shape index (κ1) is 14.8. The highest BCUT2D eigenvalue weighted by molar-refractivity contribution is 7.89. The van der Waals surface area contributed by atoms with Gasteiger partial charge in [-0.1, -0.05) is 25.3 Å². The molecule has 1 aromatic carbocycles. The fourth-order valence-electron chi connectivity index (χ4n) is 2.47. The highest BCUT2D eigenvalue weighted by atomic mass is 35.5. The molecule has 106 valence electrons. The number of alkyl halides is 1. The molecule has 0 saturated heterocycles. The van der Waals surface area contributed by atoms with Crippen LogP contribution in [0.2, 0.25) is 0 Å². The van der Waals surface area contributed by atoms with Crippen molar-refractivity contribution < 1.29 is 12.8 Å². The van der Waals surface area contributed by atoms with Gasteiger partial charge in [0.2, 0.25) is 10.0 Å². The average molecular weight is 306 g/mol. The van der Waals surface area contributed by atoms with Crippen molar-refractivity contribution in [2.24, 2.45) is 0 Å². The van der Waals surface area contributed by atoms with E-state index in [9.17, 15) is 12.8 Å². The first-order valence-electron chi connectivity index (χ1n) is 6.33. The Morgan fingerprint density at radius 2 is 1.95 bits per heavy atom. The number of benzene rings is 1. The summed E-state index contributed by atoms with van der Waals surface area (Å²) in [5.41, 5.74) is -0.592. The standard InChI is InChI=1S/C13H17ClFNO2S/c14-10-13(7-2-1-3-8-13)16-19(17,18)12-6-4-5-11(15)9-12/h4-6,9,16H,1-3,7-8,10H2. The van der Waals surface area contributed by atoms with Gasteiger partial charge in [-0.2, -0.15) is 0 Å². The Labute approximate surface area is 118 Å². The molecule has 0 spiro atoms. The topological polar surface area (TPSA) is 46.2 Å². The van der Waals surface area contributed by atoms with Crippen molar-refractivity contribution in [3.63, 3.8) is 0 Å². The molecule has 0 radical (unpaired) electrons. The third kappa shape index (κ3) is 3.46. The van der Waals surface area contributed by atoms with Crippen LogP contribution in [0.15, 0.2) is 29.2 Å². The minimum absolute atomic E-state index is 0.0532. The van der Waals surface area contributed by atoms with Crippen molar-refractivity contribution in [1.82, 2.24) is 4.72 Å². The quantitative estimate of drug-likeness (QED) is 0.869. The van der Waals surface area contributed by atoms with Gasteiger partial charge >= 0.3 is 0 Å². The van der Waals surface area contributed by atoms with Crippen LogP contribution in [0.25, 0.3) is 0 Å². The van der Waals surface area contributed by atoms with Crippen molar-refractivity contribution in [3.8, 4) is 0 Å². The smallest absolute Gasteiger partial charge is 0.207 e. The molecule has 0 aromatic heterocycles.